The highest BCUT2D eigenvalue weighted by molar-refractivity contribution is 6.19. The molecule has 9 heavy (non-hydrogen) atoms. The highest BCUT2D eigenvalue weighted by atomic mass is 35.5. The van der Waals surface area contributed by atoms with Crippen LogP contribution < -0.4 is 0 Å². The van der Waals surface area contributed by atoms with E-state index in [2.05, 4.69) is 4.84 Å². The zero-order chi connectivity index (χ0) is 7.28. The lowest BCUT2D eigenvalue weighted by molar-refractivity contribution is -0.757. The Bertz CT molecular complexity index is 95.8. The molecule has 0 radical (unpaired) electrons. The van der Waals surface area contributed by atoms with Crippen LogP contribution in [0, 0.1) is 10.1 Å². The van der Waals surface area contributed by atoms with E-state index in [1.54, 1.807) is 0 Å². The largest absolute Gasteiger partial charge is 0.378 e. The molecule has 0 aromatic rings. The Labute approximate surface area is 56.3 Å². The van der Waals surface area contributed by atoms with Crippen molar-refractivity contribution in [1.29, 1.82) is 0 Å². The third-order valence-corrected chi connectivity index (χ3v) is 0.771. The molecule has 0 saturated heterocycles. The van der Waals surface area contributed by atoms with Gasteiger partial charge in [-0.05, 0) is 0 Å². The fraction of sp³-hybridized carbons (Fsp3) is 1.00. The zero-order valence-electron chi connectivity index (χ0n) is 4.49. The number of halogens is 1. The molecule has 5 nitrogen and oxygen atoms in total. The van der Waals surface area contributed by atoms with E-state index < -0.39 is 10.6 Å². The summed E-state index contributed by atoms with van der Waals surface area (Å²) in [6.07, 6.45) is 0.0581. The Hall–Kier alpha value is -0.550. The summed E-state index contributed by atoms with van der Waals surface area (Å²) >= 11 is 5.01. The highest BCUT2D eigenvalue weighted by Crippen LogP contribution is 1.95. The van der Waals surface area contributed by atoms with Crippen LogP contribution in [0.2, 0.25) is 0 Å². The second-order valence-electron chi connectivity index (χ2n) is 1.28. The van der Waals surface area contributed by atoms with Crippen molar-refractivity contribution in [1.82, 2.24) is 0 Å². The molecule has 0 aliphatic carbocycles. The van der Waals surface area contributed by atoms with Gasteiger partial charge in [0.2, 0.25) is 0 Å². The summed E-state index contributed by atoms with van der Waals surface area (Å²) < 4.78 is 0. The molecule has 0 spiro atoms. The summed E-state index contributed by atoms with van der Waals surface area (Å²) in [5.74, 6) is 0. The molecule has 0 aliphatic rings. The molecule has 0 aliphatic heterocycles. The Morgan fingerprint density at radius 2 is 2.44 bits per heavy atom. The van der Waals surface area contributed by atoms with E-state index >= 15 is 0 Å². The first kappa shape index (κ1) is 8.45. The normalized spacial score (nSPS) is 12.7. The first-order valence-corrected chi connectivity index (χ1v) is 2.66. The molecule has 0 saturated carbocycles. The lowest BCUT2D eigenvalue weighted by atomic mass is 10.5. The summed E-state index contributed by atoms with van der Waals surface area (Å²) in [5.41, 5.74) is -1.06. The van der Waals surface area contributed by atoms with Crippen LogP contribution in [0.4, 0.5) is 0 Å². The standard InChI is InChI=1S/C3H6ClNO4/c4-3(6)1-2-9-5(7)8/h3,6H,1-2H2. The maximum Gasteiger partial charge on any atom is 0.294 e. The average molecular weight is 156 g/mol. The van der Waals surface area contributed by atoms with Crippen molar-refractivity contribution in [2.24, 2.45) is 0 Å². The van der Waals surface area contributed by atoms with Crippen molar-refractivity contribution in [3.63, 3.8) is 0 Å². The number of hydrogen-bond acceptors (Lipinski definition) is 4. The van der Waals surface area contributed by atoms with Gasteiger partial charge < -0.3 is 9.94 Å². The highest BCUT2D eigenvalue weighted by Gasteiger charge is 1.99. The molecule has 6 heteroatoms. The monoisotopic (exact) mass is 155 g/mol. The van der Waals surface area contributed by atoms with Gasteiger partial charge in [-0.25, -0.2) is 0 Å². The minimum absolute atomic E-state index is 0.0581. The summed E-state index contributed by atoms with van der Waals surface area (Å²) in [6.45, 7) is -0.169. The molecule has 0 fully saturated rings. The number of alkyl halides is 1. The van der Waals surface area contributed by atoms with Crippen molar-refractivity contribution < 1.29 is 15.0 Å². The number of rotatable bonds is 4. The third kappa shape index (κ3) is 7.45. The van der Waals surface area contributed by atoms with Crippen LogP contribution >= 0.6 is 11.6 Å². The van der Waals surface area contributed by atoms with E-state index in [1.165, 1.54) is 0 Å². The molecular formula is C3H6ClNO4. The van der Waals surface area contributed by atoms with Gasteiger partial charge in [0.1, 0.15) is 12.2 Å². The van der Waals surface area contributed by atoms with E-state index in [1.807, 2.05) is 0 Å². The van der Waals surface area contributed by atoms with Crippen LogP contribution in [0.15, 0.2) is 0 Å². The second-order valence-corrected chi connectivity index (χ2v) is 1.78. The quantitative estimate of drug-likeness (QED) is 0.356. The number of nitrogens with zero attached hydrogens (tertiary/aromatic N) is 1. The maximum absolute atomic E-state index is 9.44. The minimum Gasteiger partial charge on any atom is -0.378 e. The Kier molecular flexibility index (Phi) is 4.08. The molecule has 0 aromatic carbocycles. The molecule has 0 amide bonds. The van der Waals surface area contributed by atoms with Gasteiger partial charge in [0.15, 0.2) is 0 Å². The Morgan fingerprint density at radius 1 is 1.89 bits per heavy atom. The van der Waals surface area contributed by atoms with Crippen molar-refractivity contribution in [3.8, 4) is 0 Å². The molecule has 1 atom stereocenters. The molecular weight excluding hydrogens is 149 g/mol. The molecule has 0 heterocycles. The summed E-state index contributed by atoms with van der Waals surface area (Å²) in [7, 11) is 0. The fourth-order valence-electron chi connectivity index (χ4n) is 0.224. The van der Waals surface area contributed by atoms with Gasteiger partial charge in [-0.3, -0.25) is 0 Å². The van der Waals surface area contributed by atoms with Gasteiger partial charge in [0, 0.05) is 6.42 Å². The van der Waals surface area contributed by atoms with Gasteiger partial charge in [-0.15, -0.1) is 10.1 Å². The van der Waals surface area contributed by atoms with Crippen LogP contribution in [0.25, 0.3) is 0 Å². The lowest BCUT2D eigenvalue weighted by Gasteiger charge is -1.98. The molecule has 0 bridgehead atoms. The minimum atomic E-state index is -1.06. The first-order chi connectivity index (χ1) is 4.13. The second kappa shape index (κ2) is 4.34. The zero-order valence-corrected chi connectivity index (χ0v) is 5.24. The van der Waals surface area contributed by atoms with Gasteiger partial charge >= 0.3 is 0 Å². The van der Waals surface area contributed by atoms with Crippen molar-refractivity contribution >= 4 is 11.6 Å². The first-order valence-electron chi connectivity index (χ1n) is 2.22. The predicted octanol–water partition coefficient (Wildman–Crippen LogP) is 0.142. The van der Waals surface area contributed by atoms with E-state index in [9.17, 15) is 10.1 Å². The number of aliphatic hydroxyl groups excluding tert-OH is 1. The topological polar surface area (TPSA) is 72.6 Å². The number of aliphatic hydroxyl groups is 1. The van der Waals surface area contributed by atoms with E-state index in [0.29, 0.717) is 0 Å². The van der Waals surface area contributed by atoms with Gasteiger partial charge in [-0.2, -0.15) is 0 Å². The molecule has 1 N–H and O–H groups in total. The fourth-order valence-corrected chi connectivity index (χ4v) is 0.314. The SMILES string of the molecule is O=[N+]([O-])OCCC(O)Cl. The van der Waals surface area contributed by atoms with E-state index in [4.69, 9.17) is 16.7 Å². The summed E-state index contributed by atoms with van der Waals surface area (Å²) in [6, 6.07) is 0. The molecule has 54 valence electrons. The van der Waals surface area contributed by atoms with Gasteiger partial charge in [0.25, 0.3) is 5.09 Å². The van der Waals surface area contributed by atoms with Crippen LogP contribution in [0.1, 0.15) is 6.42 Å². The smallest absolute Gasteiger partial charge is 0.294 e. The summed E-state index contributed by atoms with van der Waals surface area (Å²) in [4.78, 5) is 13.3. The lowest BCUT2D eigenvalue weighted by Crippen LogP contribution is -2.07. The molecule has 0 aromatic heterocycles. The predicted molar refractivity (Wildman–Crippen MR) is 29.4 cm³/mol. The number of hydrogen-bond donors (Lipinski definition) is 1. The van der Waals surface area contributed by atoms with Gasteiger partial charge in [0.05, 0.1) is 0 Å². The van der Waals surface area contributed by atoms with Gasteiger partial charge in [-0.1, -0.05) is 11.6 Å². The third-order valence-electron chi connectivity index (χ3n) is 0.553. The maximum atomic E-state index is 9.44. The summed E-state index contributed by atoms with van der Waals surface area (Å²) in [5, 5.41) is 16.8. The van der Waals surface area contributed by atoms with Crippen molar-refractivity contribution in [3.05, 3.63) is 10.1 Å². The van der Waals surface area contributed by atoms with Crippen LogP contribution in [0.3, 0.4) is 0 Å². The van der Waals surface area contributed by atoms with Crippen LogP contribution in [-0.2, 0) is 4.84 Å². The van der Waals surface area contributed by atoms with Crippen molar-refractivity contribution in [2.75, 3.05) is 6.61 Å². The molecule has 1 unspecified atom stereocenters. The van der Waals surface area contributed by atoms with Crippen LogP contribution in [0.5, 0.6) is 0 Å². The Morgan fingerprint density at radius 3 is 2.78 bits per heavy atom. The van der Waals surface area contributed by atoms with Crippen LogP contribution in [-0.4, -0.2) is 22.4 Å². The van der Waals surface area contributed by atoms with Crippen molar-refractivity contribution in [2.45, 2.75) is 12.0 Å². The Balaban J connectivity index is 3.01. The van der Waals surface area contributed by atoms with E-state index in [-0.39, 0.29) is 13.0 Å². The molecule has 0 rings (SSSR count). The average Bonchev–Trinajstić information content (AvgIpc) is 1.63. The van der Waals surface area contributed by atoms with E-state index in [0.717, 1.165) is 0 Å².